The van der Waals surface area contributed by atoms with Crippen molar-refractivity contribution in [1.82, 2.24) is 5.32 Å². The molecule has 0 spiro atoms. The lowest BCUT2D eigenvalue weighted by molar-refractivity contribution is -0.121. The molecule has 0 aromatic heterocycles. The number of halogens is 1. The minimum atomic E-state index is -0.301. The maximum Gasteiger partial charge on any atom is 0.264 e. The van der Waals surface area contributed by atoms with E-state index in [9.17, 15) is 4.79 Å². The zero-order valence-electron chi connectivity index (χ0n) is 15.4. The molecular weight excluding hydrogens is 412 g/mol. The van der Waals surface area contributed by atoms with Crippen molar-refractivity contribution in [2.45, 2.75) is 33.6 Å². The van der Waals surface area contributed by atoms with E-state index in [2.05, 4.69) is 40.4 Å². The van der Waals surface area contributed by atoms with Gasteiger partial charge in [-0.1, -0.05) is 47.5 Å². The van der Waals surface area contributed by atoms with E-state index in [4.69, 9.17) is 17.0 Å². The highest BCUT2D eigenvalue weighted by Gasteiger charge is 2.13. The standard InChI is InChI=1S/C20H23BrN2O2S/c1-12(2)16-10-17(21)14(4)9-18(16)25-11-19(24)23-20(26)22-15-7-5-13(3)6-8-15/h5-10,12H,11H2,1-4H3,(H2,22,23,24,26). The largest absolute Gasteiger partial charge is 0.483 e. The Kier molecular flexibility index (Phi) is 7.17. The van der Waals surface area contributed by atoms with Crippen molar-refractivity contribution in [3.05, 3.63) is 57.6 Å². The van der Waals surface area contributed by atoms with Gasteiger partial charge in [0.15, 0.2) is 11.7 Å². The van der Waals surface area contributed by atoms with Gasteiger partial charge in [0, 0.05) is 10.2 Å². The lowest BCUT2D eigenvalue weighted by Crippen LogP contribution is -2.37. The molecule has 0 atom stereocenters. The molecule has 2 N–H and O–H groups in total. The molecule has 26 heavy (non-hydrogen) atoms. The van der Waals surface area contributed by atoms with E-state index in [0.29, 0.717) is 5.75 Å². The van der Waals surface area contributed by atoms with E-state index >= 15 is 0 Å². The summed E-state index contributed by atoms with van der Waals surface area (Å²) < 4.78 is 6.77. The van der Waals surface area contributed by atoms with E-state index in [0.717, 1.165) is 26.9 Å². The van der Waals surface area contributed by atoms with Gasteiger partial charge in [0.25, 0.3) is 5.91 Å². The first-order valence-corrected chi connectivity index (χ1v) is 9.56. The van der Waals surface area contributed by atoms with E-state index in [1.807, 2.05) is 50.2 Å². The van der Waals surface area contributed by atoms with Gasteiger partial charge in [0.2, 0.25) is 0 Å². The third kappa shape index (κ3) is 5.81. The molecule has 0 bridgehead atoms. The Morgan fingerprint density at radius 1 is 1.19 bits per heavy atom. The van der Waals surface area contributed by atoms with Crippen LogP contribution in [0.5, 0.6) is 5.75 Å². The molecule has 0 unspecified atom stereocenters. The number of anilines is 1. The molecular formula is C20H23BrN2O2S. The molecule has 0 aliphatic carbocycles. The Hall–Kier alpha value is -1.92. The predicted molar refractivity (Wildman–Crippen MR) is 114 cm³/mol. The summed E-state index contributed by atoms with van der Waals surface area (Å²) in [4.78, 5) is 12.1. The van der Waals surface area contributed by atoms with Crippen LogP contribution in [-0.4, -0.2) is 17.6 Å². The van der Waals surface area contributed by atoms with Gasteiger partial charge >= 0.3 is 0 Å². The van der Waals surface area contributed by atoms with Gasteiger partial charge in [-0.25, -0.2) is 0 Å². The van der Waals surface area contributed by atoms with Crippen LogP contribution >= 0.6 is 28.1 Å². The molecule has 2 aromatic carbocycles. The normalized spacial score (nSPS) is 10.5. The second-order valence-corrected chi connectivity index (χ2v) is 7.71. The van der Waals surface area contributed by atoms with Gasteiger partial charge in [-0.05, 0) is 67.4 Å². The third-order valence-corrected chi connectivity index (χ3v) is 4.89. The van der Waals surface area contributed by atoms with Crippen LogP contribution in [0.25, 0.3) is 0 Å². The fraction of sp³-hybridized carbons (Fsp3) is 0.300. The number of nitrogens with one attached hydrogen (secondary N) is 2. The van der Waals surface area contributed by atoms with Gasteiger partial charge in [0.05, 0.1) is 0 Å². The molecule has 4 nitrogen and oxygen atoms in total. The van der Waals surface area contributed by atoms with Crippen molar-refractivity contribution in [1.29, 1.82) is 0 Å². The van der Waals surface area contributed by atoms with Crippen molar-refractivity contribution in [2.75, 3.05) is 11.9 Å². The minimum absolute atomic E-state index is 0.101. The van der Waals surface area contributed by atoms with Gasteiger partial charge < -0.3 is 10.1 Å². The zero-order valence-corrected chi connectivity index (χ0v) is 17.8. The number of amides is 1. The van der Waals surface area contributed by atoms with Crippen LogP contribution in [0.3, 0.4) is 0 Å². The first-order chi connectivity index (χ1) is 12.3. The molecule has 0 fully saturated rings. The Morgan fingerprint density at radius 2 is 1.85 bits per heavy atom. The number of aryl methyl sites for hydroxylation is 2. The minimum Gasteiger partial charge on any atom is -0.483 e. The summed E-state index contributed by atoms with van der Waals surface area (Å²) in [5.74, 6) is 0.701. The van der Waals surface area contributed by atoms with Crippen LogP contribution in [0.4, 0.5) is 5.69 Å². The first-order valence-electron chi connectivity index (χ1n) is 8.36. The molecule has 0 heterocycles. The summed E-state index contributed by atoms with van der Waals surface area (Å²) >= 11 is 8.71. The summed E-state index contributed by atoms with van der Waals surface area (Å²) in [5, 5.41) is 5.87. The molecule has 2 rings (SSSR count). The Labute approximate surface area is 168 Å². The number of carbonyl (C=O) groups is 1. The first kappa shape index (κ1) is 20.4. The van der Waals surface area contributed by atoms with Crippen LogP contribution in [0.2, 0.25) is 0 Å². The second-order valence-electron chi connectivity index (χ2n) is 6.45. The molecule has 6 heteroatoms. The molecule has 0 aliphatic heterocycles. The third-order valence-electron chi connectivity index (χ3n) is 3.83. The van der Waals surface area contributed by atoms with Crippen molar-refractivity contribution < 1.29 is 9.53 Å². The lowest BCUT2D eigenvalue weighted by atomic mass is 10.0. The quantitative estimate of drug-likeness (QED) is 0.643. The fourth-order valence-corrected chi connectivity index (χ4v) is 2.94. The van der Waals surface area contributed by atoms with Crippen LogP contribution in [0.15, 0.2) is 40.9 Å². The van der Waals surface area contributed by atoms with Gasteiger partial charge in [-0.2, -0.15) is 0 Å². The van der Waals surface area contributed by atoms with Crippen molar-refractivity contribution in [3.8, 4) is 5.75 Å². The monoisotopic (exact) mass is 434 g/mol. The van der Waals surface area contributed by atoms with Crippen LogP contribution < -0.4 is 15.4 Å². The van der Waals surface area contributed by atoms with E-state index < -0.39 is 0 Å². The smallest absolute Gasteiger partial charge is 0.264 e. The molecule has 0 aliphatic rings. The number of thiocarbonyl (C=S) groups is 1. The van der Waals surface area contributed by atoms with Crippen molar-refractivity contribution in [2.24, 2.45) is 0 Å². The molecule has 1 amide bonds. The number of ether oxygens (including phenoxy) is 1. The number of benzene rings is 2. The van der Waals surface area contributed by atoms with Crippen molar-refractivity contribution >= 4 is 44.9 Å². The maximum atomic E-state index is 12.1. The number of carbonyl (C=O) groups excluding carboxylic acids is 1. The predicted octanol–water partition coefficient (Wildman–Crippen LogP) is 5.08. The Bertz CT molecular complexity index is 804. The SMILES string of the molecule is Cc1ccc(NC(=S)NC(=O)COc2cc(C)c(Br)cc2C(C)C)cc1. The van der Waals surface area contributed by atoms with E-state index in [-0.39, 0.29) is 23.5 Å². The number of hydrogen-bond donors (Lipinski definition) is 2. The highest BCUT2D eigenvalue weighted by molar-refractivity contribution is 9.10. The summed E-state index contributed by atoms with van der Waals surface area (Å²) in [7, 11) is 0. The molecule has 138 valence electrons. The average molecular weight is 435 g/mol. The van der Waals surface area contributed by atoms with Gasteiger partial charge in [0.1, 0.15) is 5.75 Å². The summed E-state index contributed by atoms with van der Waals surface area (Å²) in [6.45, 7) is 8.07. The summed E-state index contributed by atoms with van der Waals surface area (Å²) in [6.07, 6.45) is 0. The van der Waals surface area contributed by atoms with Gasteiger partial charge in [-0.3, -0.25) is 10.1 Å². The highest BCUT2D eigenvalue weighted by atomic mass is 79.9. The summed E-state index contributed by atoms with van der Waals surface area (Å²) in [5.41, 5.74) is 4.09. The molecule has 2 aromatic rings. The molecule has 0 saturated carbocycles. The summed E-state index contributed by atoms with van der Waals surface area (Å²) in [6, 6.07) is 11.7. The van der Waals surface area contributed by atoms with Crippen LogP contribution in [0, 0.1) is 13.8 Å². The van der Waals surface area contributed by atoms with Gasteiger partial charge in [-0.15, -0.1) is 0 Å². The lowest BCUT2D eigenvalue weighted by Gasteiger charge is -2.16. The molecule has 0 saturated heterocycles. The fourth-order valence-electron chi connectivity index (χ4n) is 2.35. The van der Waals surface area contributed by atoms with Crippen molar-refractivity contribution in [3.63, 3.8) is 0 Å². The Morgan fingerprint density at radius 3 is 2.46 bits per heavy atom. The number of rotatable bonds is 5. The van der Waals surface area contributed by atoms with E-state index in [1.165, 1.54) is 0 Å². The van der Waals surface area contributed by atoms with Crippen LogP contribution in [-0.2, 0) is 4.79 Å². The Balaban J connectivity index is 1.93. The molecule has 0 radical (unpaired) electrons. The van der Waals surface area contributed by atoms with Crippen LogP contribution in [0.1, 0.15) is 36.5 Å². The van der Waals surface area contributed by atoms with E-state index in [1.54, 1.807) is 0 Å². The maximum absolute atomic E-state index is 12.1. The average Bonchev–Trinajstić information content (AvgIpc) is 2.57. The highest BCUT2D eigenvalue weighted by Crippen LogP contribution is 2.32. The topological polar surface area (TPSA) is 50.4 Å². The number of hydrogen-bond acceptors (Lipinski definition) is 3. The zero-order chi connectivity index (χ0) is 19.3. The second kappa shape index (κ2) is 9.14.